The third kappa shape index (κ3) is 3.88. The molecule has 1 unspecified atom stereocenters. The number of rotatable bonds is 5. The molecule has 1 aromatic rings. The molecule has 0 aliphatic heterocycles. The monoisotopic (exact) mass is 211 g/mol. The molecule has 0 radical (unpaired) electrons. The highest BCUT2D eigenvalue weighted by Crippen LogP contribution is 2.17. The molecule has 0 aliphatic rings. The van der Waals surface area contributed by atoms with Gasteiger partial charge in [-0.05, 0) is 44.4 Å². The SMILES string of the molecule is Cc1ccc(F)cc1NC(C)CCCO. The number of hydrogen-bond donors (Lipinski definition) is 2. The summed E-state index contributed by atoms with van der Waals surface area (Å²) in [6.07, 6.45) is 1.65. The second kappa shape index (κ2) is 5.71. The molecule has 2 nitrogen and oxygen atoms in total. The van der Waals surface area contributed by atoms with E-state index >= 15 is 0 Å². The summed E-state index contributed by atoms with van der Waals surface area (Å²) in [5, 5.41) is 11.9. The molecule has 0 aliphatic carbocycles. The Bertz CT molecular complexity index is 314. The predicted octanol–water partition coefficient (Wildman–Crippen LogP) is 2.71. The number of benzene rings is 1. The van der Waals surface area contributed by atoms with Crippen molar-refractivity contribution in [3.63, 3.8) is 0 Å². The zero-order valence-electron chi connectivity index (χ0n) is 9.26. The van der Waals surface area contributed by atoms with Gasteiger partial charge in [0.15, 0.2) is 0 Å². The number of halogens is 1. The first-order valence-corrected chi connectivity index (χ1v) is 5.27. The Labute approximate surface area is 90.1 Å². The Morgan fingerprint density at radius 1 is 1.47 bits per heavy atom. The maximum absolute atomic E-state index is 13.0. The largest absolute Gasteiger partial charge is 0.396 e. The van der Waals surface area contributed by atoms with Gasteiger partial charge in [0.2, 0.25) is 0 Å². The fourth-order valence-corrected chi connectivity index (χ4v) is 1.48. The van der Waals surface area contributed by atoms with Gasteiger partial charge in [0, 0.05) is 18.3 Å². The summed E-state index contributed by atoms with van der Waals surface area (Å²) in [7, 11) is 0. The molecule has 1 atom stereocenters. The molecule has 1 rings (SSSR count). The van der Waals surface area contributed by atoms with E-state index in [9.17, 15) is 4.39 Å². The minimum absolute atomic E-state index is 0.203. The number of nitrogens with one attached hydrogen (secondary N) is 1. The lowest BCUT2D eigenvalue weighted by atomic mass is 10.1. The van der Waals surface area contributed by atoms with Crippen LogP contribution in [0.2, 0.25) is 0 Å². The maximum Gasteiger partial charge on any atom is 0.125 e. The van der Waals surface area contributed by atoms with Crippen molar-refractivity contribution in [1.29, 1.82) is 0 Å². The fraction of sp³-hybridized carbons (Fsp3) is 0.500. The predicted molar refractivity (Wildman–Crippen MR) is 60.5 cm³/mol. The zero-order chi connectivity index (χ0) is 11.3. The van der Waals surface area contributed by atoms with Crippen LogP contribution in [0.5, 0.6) is 0 Å². The van der Waals surface area contributed by atoms with E-state index in [4.69, 9.17) is 5.11 Å². The molecule has 0 amide bonds. The lowest BCUT2D eigenvalue weighted by Crippen LogP contribution is -2.16. The molecule has 0 heterocycles. The Morgan fingerprint density at radius 3 is 2.87 bits per heavy atom. The average Bonchev–Trinajstić information content (AvgIpc) is 2.20. The van der Waals surface area contributed by atoms with E-state index in [0.29, 0.717) is 0 Å². The highest BCUT2D eigenvalue weighted by molar-refractivity contribution is 5.51. The van der Waals surface area contributed by atoms with Gasteiger partial charge in [-0.25, -0.2) is 4.39 Å². The van der Waals surface area contributed by atoms with Crippen LogP contribution in [0.3, 0.4) is 0 Å². The molecule has 3 heteroatoms. The van der Waals surface area contributed by atoms with E-state index in [1.807, 2.05) is 13.8 Å². The average molecular weight is 211 g/mol. The van der Waals surface area contributed by atoms with Crippen LogP contribution < -0.4 is 5.32 Å². The van der Waals surface area contributed by atoms with Crippen molar-refractivity contribution in [1.82, 2.24) is 0 Å². The van der Waals surface area contributed by atoms with Gasteiger partial charge in [-0.2, -0.15) is 0 Å². The summed E-state index contributed by atoms with van der Waals surface area (Å²) in [6, 6.07) is 4.97. The quantitative estimate of drug-likeness (QED) is 0.784. The molecule has 0 aromatic heterocycles. The van der Waals surface area contributed by atoms with Crippen molar-refractivity contribution in [3.05, 3.63) is 29.6 Å². The summed E-state index contributed by atoms with van der Waals surface area (Å²) < 4.78 is 13.0. The molecule has 2 N–H and O–H groups in total. The smallest absolute Gasteiger partial charge is 0.125 e. The second-order valence-electron chi connectivity index (χ2n) is 3.87. The molecule has 84 valence electrons. The van der Waals surface area contributed by atoms with Gasteiger partial charge in [0.25, 0.3) is 0 Å². The third-order valence-electron chi connectivity index (χ3n) is 2.40. The van der Waals surface area contributed by atoms with Crippen LogP contribution in [0.25, 0.3) is 0 Å². The Morgan fingerprint density at radius 2 is 2.20 bits per heavy atom. The van der Waals surface area contributed by atoms with Gasteiger partial charge in [-0.3, -0.25) is 0 Å². The molecular formula is C12H18FNO. The van der Waals surface area contributed by atoms with E-state index in [-0.39, 0.29) is 18.5 Å². The third-order valence-corrected chi connectivity index (χ3v) is 2.40. The van der Waals surface area contributed by atoms with Crippen molar-refractivity contribution in [2.24, 2.45) is 0 Å². The minimum atomic E-state index is -0.225. The normalized spacial score (nSPS) is 12.5. The summed E-state index contributed by atoms with van der Waals surface area (Å²) in [6.45, 7) is 4.18. The van der Waals surface area contributed by atoms with Gasteiger partial charge in [-0.15, -0.1) is 0 Å². The van der Waals surface area contributed by atoms with Gasteiger partial charge in [-0.1, -0.05) is 6.07 Å². The fourth-order valence-electron chi connectivity index (χ4n) is 1.48. The van der Waals surface area contributed by atoms with E-state index in [0.717, 1.165) is 24.1 Å². The van der Waals surface area contributed by atoms with Crippen LogP contribution in [0.15, 0.2) is 18.2 Å². The number of aliphatic hydroxyl groups is 1. The van der Waals surface area contributed by atoms with Crippen LogP contribution in [0.4, 0.5) is 10.1 Å². The molecule has 0 spiro atoms. The number of aryl methyl sites for hydroxylation is 1. The van der Waals surface area contributed by atoms with E-state index in [1.54, 1.807) is 6.07 Å². The second-order valence-corrected chi connectivity index (χ2v) is 3.87. The molecule has 1 aromatic carbocycles. The summed E-state index contributed by atoms with van der Waals surface area (Å²) >= 11 is 0. The zero-order valence-corrected chi connectivity index (χ0v) is 9.26. The first kappa shape index (κ1) is 12.0. The molecule has 15 heavy (non-hydrogen) atoms. The van der Waals surface area contributed by atoms with Crippen LogP contribution in [-0.4, -0.2) is 17.8 Å². The summed E-state index contributed by atoms with van der Waals surface area (Å²) in [5.74, 6) is -0.225. The standard InChI is InChI=1S/C12H18FNO/c1-9-5-6-11(13)8-12(9)14-10(2)4-3-7-15/h5-6,8,10,14-15H,3-4,7H2,1-2H3. The van der Waals surface area contributed by atoms with Crippen molar-refractivity contribution < 1.29 is 9.50 Å². The minimum Gasteiger partial charge on any atom is -0.396 e. The van der Waals surface area contributed by atoms with E-state index in [2.05, 4.69) is 5.32 Å². The van der Waals surface area contributed by atoms with Crippen LogP contribution in [-0.2, 0) is 0 Å². The molecule has 0 saturated heterocycles. The Hall–Kier alpha value is -1.09. The van der Waals surface area contributed by atoms with E-state index < -0.39 is 0 Å². The number of aliphatic hydroxyl groups excluding tert-OH is 1. The Kier molecular flexibility index (Phi) is 4.56. The van der Waals surface area contributed by atoms with Crippen LogP contribution >= 0.6 is 0 Å². The first-order valence-electron chi connectivity index (χ1n) is 5.27. The van der Waals surface area contributed by atoms with Crippen molar-refractivity contribution in [3.8, 4) is 0 Å². The lowest BCUT2D eigenvalue weighted by Gasteiger charge is -2.16. The first-order chi connectivity index (χ1) is 7.13. The van der Waals surface area contributed by atoms with Gasteiger partial charge < -0.3 is 10.4 Å². The summed E-state index contributed by atoms with van der Waals surface area (Å²) in [5.41, 5.74) is 1.87. The molecule has 0 saturated carbocycles. The van der Waals surface area contributed by atoms with Crippen molar-refractivity contribution in [2.45, 2.75) is 32.7 Å². The summed E-state index contributed by atoms with van der Waals surface area (Å²) in [4.78, 5) is 0. The topological polar surface area (TPSA) is 32.3 Å². The highest BCUT2D eigenvalue weighted by atomic mass is 19.1. The molecular weight excluding hydrogens is 193 g/mol. The van der Waals surface area contributed by atoms with Crippen molar-refractivity contribution in [2.75, 3.05) is 11.9 Å². The number of hydrogen-bond acceptors (Lipinski definition) is 2. The highest BCUT2D eigenvalue weighted by Gasteiger charge is 2.04. The maximum atomic E-state index is 13.0. The Balaban J connectivity index is 2.59. The van der Waals surface area contributed by atoms with Crippen LogP contribution in [0, 0.1) is 12.7 Å². The van der Waals surface area contributed by atoms with Crippen LogP contribution in [0.1, 0.15) is 25.3 Å². The van der Waals surface area contributed by atoms with E-state index in [1.165, 1.54) is 12.1 Å². The lowest BCUT2D eigenvalue weighted by molar-refractivity contribution is 0.282. The molecule has 0 fully saturated rings. The van der Waals surface area contributed by atoms with Gasteiger partial charge >= 0.3 is 0 Å². The van der Waals surface area contributed by atoms with Gasteiger partial charge in [0.05, 0.1) is 0 Å². The van der Waals surface area contributed by atoms with Crippen molar-refractivity contribution >= 4 is 5.69 Å². The molecule has 0 bridgehead atoms. The number of anilines is 1. The van der Waals surface area contributed by atoms with Gasteiger partial charge in [0.1, 0.15) is 5.82 Å².